The van der Waals surface area contributed by atoms with Crippen molar-refractivity contribution in [1.29, 1.82) is 0 Å². The van der Waals surface area contributed by atoms with Crippen LogP contribution in [0.25, 0.3) is 0 Å². The number of hydrogen-bond donors (Lipinski definition) is 1. The molecule has 1 aliphatic rings. The van der Waals surface area contributed by atoms with E-state index >= 15 is 0 Å². The smallest absolute Gasteiger partial charge is 0.224 e. The Morgan fingerprint density at radius 3 is 2.53 bits per heavy atom. The Bertz CT molecular complexity index is 472. The van der Waals surface area contributed by atoms with Gasteiger partial charge in [0.15, 0.2) is 11.5 Å². The van der Waals surface area contributed by atoms with Crippen LogP contribution in [0.4, 0.5) is 0 Å². The molecule has 1 aromatic carbocycles. The summed E-state index contributed by atoms with van der Waals surface area (Å²) in [6.45, 7) is 0. The van der Waals surface area contributed by atoms with E-state index in [1.54, 1.807) is 20.3 Å². The third-order valence-electron chi connectivity index (χ3n) is 3.33. The van der Waals surface area contributed by atoms with Crippen LogP contribution >= 0.6 is 11.6 Å². The second-order valence-electron chi connectivity index (χ2n) is 4.83. The molecule has 0 spiro atoms. The van der Waals surface area contributed by atoms with Gasteiger partial charge in [0.1, 0.15) is 0 Å². The van der Waals surface area contributed by atoms with E-state index in [1.165, 1.54) is 0 Å². The van der Waals surface area contributed by atoms with Crippen LogP contribution in [-0.4, -0.2) is 31.5 Å². The maximum Gasteiger partial charge on any atom is 0.224 e. The number of amides is 1. The Balaban J connectivity index is 2.00. The van der Waals surface area contributed by atoms with Gasteiger partial charge in [-0.1, -0.05) is 6.07 Å². The Hall–Kier alpha value is -1.42. The molecule has 0 unspecified atom stereocenters. The SMILES string of the molecule is COc1ccc(CC(=O)NC2(CCl)CC2)cc1OC. The summed E-state index contributed by atoms with van der Waals surface area (Å²) >= 11 is 5.84. The van der Waals surface area contributed by atoms with Crippen molar-refractivity contribution in [2.45, 2.75) is 24.8 Å². The van der Waals surface area contributed by atoms with Gasteiger partial charge in [0.25, 0.3) is 0 Å². The van der Waals surface area contributed by atoms with Gasteiger partial charge in [-0.15, -0.1) is 11.6 Å². The average molecular weight is 284 g/mol. The molecule has 0 heterocycles. The van der Waals surface area contributed by atoms with Crippen molar-refractivity contribution in [1.82, 2.24) is 5.32 Å². The lowest BCUT2D eigenvalue weighted by molar-refractivity contribution is -0.121. The number of carbonyl (C=O) groups is 1. The molecule has 1 amide bonds. The van der Waals surface area contributed by atoms with Crippen LogP contribution in [0, 0.1) is 0 Å². The summed E-state index contributed by atoms with van der Waals surface area (Å²) in [6.07, 6.45) is 2.25. The minimum absolute atomic E-state index is 0.00892. The normalized spacial score (nSPS) is 15.7. The number of benzene rings is 1. The molecule has 1 aromatic rings. The van der Waals surface area contributed by atoms with Crippen molar-refractivity contribution in [2.24, 2.45) is 0 Å². The van der Waals surface area contributed by atoms with Crippen LogP contribution in [0.1, 0.15) is 18.4 Å². The highest BCUT2D eigenvalue weighted by atomic mass is 35.5. The lowest BCUT2D eigenvalue weighted by Gasteiger charge is -2.14. The second kappa shape index (κ2) is 5.70. The molecular weight excluding hydrogens is 266 g/mol. The van der Waals surface area contributed by atoms with Gasteiger partial charge in [-0.25, -0.2) is 0 Å². The monoisotopic (exact) mass is 283 g/mol. The predicted molar refractivity (Wildman–Crippen MR) is 74.1 cm³/mol. The lowest BCUT2D eigenvalue weighted by atomic mass is 10.1. The van der Waals surface area contributed by atoms with Crippen molar-refractivity contribution in [3.05, 3.63) is 23.8 Å². The largest absolute Gasteiger partial charge is 0.493 e. The minimum Gasteiger partial charge on any atom is -0.493 e. The molecule has 5 heteroatoms. The molecule has 1 fully saturated rings. The number of methoxy groups -OCH3 is 2. The van der Waals surface area contributed by atoms with E-state index in [1.807, 2.05) is 12.1 Å². The second-order valence-corrected chi connectivity index (χ2v) is 5.10. The summed E-state index contributed by atoms with van der Waals surface area (Å²) in [5.41, 5.74) is 0.732. The van der Waals surface area contributed by atoms with Crippen molar-refractivity contribution in [3.8, 4) is 11.5 Å². The van der Waals surface area contributed by atoms with Gasteiger partial charge in [-0.3, -0.25) is 4.79 Å². The van der Waals surface area contributed by atoms with Gasteiger partial charge in [-0.05, 0) is 30.5 Å². The lowest BCUT2D eigenvalue weighted by Crippen LogP contribution is -2.39. The molecule has 0 saturated heterocycles. The zero-order chi connectivity index (χ0) is 13.9. The topological polar surface area (TPSA) is 47.6 Å². The molecule has 0 atom stereocenters. The highest BCUT2D eigenvalue weighted by Gasteiger charge is 2.42. The Labute approximate surface area is 118 Å². The molecule has 0 bridgehead atoms. The fourth-order valence-electron chi connectivity index (χ4n) is 1.96. The highest BCUT2D eigenvalue weighted by Crippen LogP contribution is 2.36. The van der Waals surface area contributed by atoms with Crippen LogP contribution in [0.3, 0.4) is 0 Å². The molecular formula is C14H18ClNO3. The zero-order valence-corrected chi connectivity index (χ0v) is 11.9. The van der Waals surface area contributed by atoms with Gasteiger partial charge < -0.3 is 14.8 Å². The number of hydrogen-bond acceptors (Lipinski definition) is 3. The third kappa shape index (κ3) is 3.32. The molecule has 19 heavy (non-hydrogen) atoms. The fraction of sp³-hybridized carbons (Fsp3) is 0.500. The van der Waals surface area contributed by atoms with Gasteiger partial charge in [0.05, 0.1) is 26.2 Å². The maximum atomic E-state index is 11.9. The highest BCUT2D eigenvalue weighted by molar-refractivity contribution is 6.19. The standard InChI is InChI=1S/C14H18ClNO3/c1-18-11-4-3-10(7-12(11)19-2)8-13(17)16-14(9-15)5-6-14/h3-4,7H,5-6,8-9H2,1-2H3,(H,16,17). The minimum atomic E-state index is -0.158. The van der Waals surface area contributed by atoms with Gasteiger partial charge in [-0.2, -0.15) is 0 Å². The van der Waals surface area contributed by atoms with Crippen molar-refractivity contribution in [2.75, 3.05) is 20.1 Å². The van der Waals surface area contributed by atoms with E-state index in [4.69, 9.17) is 21.1 Å². The van der Waals surface area contributed by atoms with Crippen LogP contribution in [0.5, 0.6) is 11.5 Å². The summed E-state index contributed by atoms with van der Waals surface area (Å²) in [5, 5.41) is 2.99. The van der Waals surface area contributed by atoms with Crippen LogP contribution in [0.15, 0.2) is 18.2 Å². The van der Waals surface area contributed by atoms with Crippen LogP contribution in [-0.2, 0) is 11.2 Å². The fourth-order valence-corrected chi connectivity index (χ4v) is 2.29. The van der Waals surface area contributed by atoms with E-state index in [0.29, 0.717) is 23.8 Å². The Kier molecular flexibility index (Phi) is 4.20. The number of alkyl halides is 1. The molecule has 0 aliphatic heterocycles. The molecule has 1 N–H and O–H groups in total. The van der Waals surface area contributed by atoms with Crippen molar-refractivity contribution < 1.29 is 14.3 Å². The number of ether oxygens (including phenoxy) is 2. The summed E-state index contributed by atoms with van der Waals surface area (Å²) in [7, 11) is 3.16. The van der Waals surface area contributed by atoms with Crippen LogP contribution < -0.4 is 14.8 Å². The van der Waals surface area contributed by atoms with Crippen molar-refractivity contribution in [3.63, 3.8) is 0 Å². The first kappa shape index (κ1) is 14.0. The molecule has 0 radical (unpaired) electrons. The maximum absolute atomic E-state index is 11.9. The van der Waals surface area contributed by atoms with Gasteiger partial charge >= 0.3 is 0 Å². The summed E-state index contributed by atoms with van der Waals surface area (Å²) in [5.74, 6) is 1.76. The number of nitrogens with one attached hydrogen (secondary N) is 1. The van der Waals surface area contributed by atoms with E-state index in [-0.39, 0.29) is 11.4 Å². The first-order chi connectivity index (χ1) is 9.12. The first-order valence-electron chi connectivity index (χ1n) is 6.20. The molecule has 1 saturated carbocycles. The Morgan fingerprint density at radius 2 is 2.00 bits per heavy atom. The third-order valence-corrected chi connectivity index (χ3v) is 3.84. The van der Waals surface area contributed by atoms with E-state index in [0.717, 1.165) is 18.4 Å². The summed E-state index contributed by atoms with van der Waals surface area (Å²) in [6, 6.07) is 5.48. The molecule has 1 aliphatic carbocycles. The van der Waals surface area contributed by atoms with E-state index < -0.39 is 0 Å². The number of carbonyl (C=O) groups excluding carboxylic acids is 1. The molecule has 2 rings (SSSR count). The average Bonchev–Trinajstić information content (AvgIpc) is 3.18. The van der Waals surface area contributed by atoms with E-state index in [9.17, 15) is 4.79 Å². The molecule has 4 nitrogen and oxygen atoms in total. The summed E-state index contributed by atoms with van der Waals surface area (Å²) in [4.78, 5) is 11.9. The summed E-state index contributed by atoms with van der Waals surface area (Å²) < 4.78 is 10.4. The van der Waals surface area contributed by atoms with Gasteiger partial charge in [0.2, 0.25) is 5.91 Å². The Morgan fingerprint density at radius 1 is 1.32 bits per heavy atom. The molecule has 0 aromatic heterocycles. The van der Waals surface area contributed by atoms with E-state index in [2.05, 4.69) is 5.32 Å². The quantitative estimate of drug-likeness (QED) is 0.814. The molecule has 104 valence electrons. The van der Waals surface area contributed by atoms with Gasteiger partial charge in [0, 0.05) is 5.88 Å². The van der Waals surface area contributed by atoms with Crippen LogP contribution in [0.2, 0.25) is 0 Å². The van der Waals surface area contributed by atoms with Crippen molar-refractivity contribution >= 4 is 17.5 Å². The number of halogens is 1. The first-order valence-corrected chi connectivity index (χ1v) is 6.74. The number of rotatable bonds is 6. The zero-order valence-electron chi connectivity index (χ0n) is 11.2. The predicted octanol–water partition coefficient (Wildman–Crippen LogP) is 2.13.